The normalized spacial score (nSPS) is 20.7. The number of hydrogen-bond acceptors (Lipinski definition) is 3. The smallest absolute Gasteiger partial charge is 0.0643 e. The van der Waals surface area contributed by atoms with E-state index in [1.807, 2.05) is 18.2 Å². The molecule has 1 unspecified atom stereocenters. The Labute approximate surface area is 107 Å². The van der Waals surface area contributed by atoms with Gasteiger partial charge in [0.1, 0.15) is 0 Å². The number of rotatable bonds is 2. The molecule has 0 saturated carbocycles. The van der Waals surface area contributed by atoms with Crippen molar-refractivity contribution in [1.82, 2.24) is 5.32 Å². The van der Waals surface area contributed by atoms with E-state index in [9.17, 15) is 0 Å². The van der Waals surface area contributed by atoms with Gasteiger partial charge in [-0.05, 0) is 31.2 Å². The molecule has 1 N–H and O–H groups in total. The molecule has 0 spiro atoms. The maximum atomic E-state index is 8.90. The van der Waals surface area contributed by atoms with E-state index in [0.717, 1.165) is 36.8 Å². The Bertz CT molecular complexity index is 413. The van der Waals surface area contributed by atoms with Crippen molar-refractivity contribution in [3.63, 3.8) is 0 Å². The molecule has 90 valence electrons. The minimum Gasteiger partial charge on any atom is -0.366 e. The van der Waals surface area contributed by atoms with Gasteiger partial charge in [-0.2, -0.15) is 5.26 Å². The van der Waals surface area contributed by atoms with E-state index in [1.165, 1.54) is 0 Å². The molecular weight excluding hydrogens is 234 g/mol. The summed E-state index contributed by atoms with van der Waals surface area (Å²) >= 11 is 6.02. The van der Waals surface area contributed by atoms with Crippen LogP contribution in [-0.2, 0) is 0 Å². The van der Waals surface area contributed by atoms with Crippen LogP contribution in [0.25, 0.3) is 0 Å². The molecule has 1 heterocycles. The van der Waals surface area contributed by atoms with E-state index < -0.39 is 0 Å². The lowest BCUT2D eigenvalue weighted by molar-refractivity contribution is 0.597. The van der Waals surface area contributed by atoms with E-state index in [0.29, 0.717) is 6.42 Å². The predicted octanol–water partition coefficient (Wildman–Crippen LogP) is 2.42. The van der Waals surface area contributed by atoms with Crippen molar-refractivity contribution >= 4 is 17.3 Å². The zero-order valence-corrected chi connectivity index (χ0v) is 10.5. The van der Waals surface area contributed by atoms with Gasteiger partial charge in [0, 0.05) is 23.8 Å². The lowest BCUT2D eigenvalue weighted by Gasteiger charge is -2.30. The van der Waals surface area contributed by atoms with Crippen molar-refractivity contribution < 1.29 is 0 Å². The van der Waals surface area contributed by atoms with E-state index in [4.69, 9.17) is 16.9 Å². The van der Waals surface area contributed by atoms with E-state index in [2.05, 4.69) is 22.4 Å². The van der Waals surface area contributed by atoms with Crippen LogP contribution in [0.5, 0.6) is 0 Å². The molecule has 1 aliphatic rings. The molecule has 0 amide bonds. The van der Waals surface area contributed by atoms with Crippen molar-refractivity contribution in [3.8, 4) is 6.07 Å². The fourth-order valence-electron chi connectivity index (χ4n) is 2.22. The van der Waals surface area contributed by atoms with Gasteiger partial charge in [-0.15, -0.1) is 0 Å². The first-order valence-corrected chi connectivity index (χ1v) is 6.29. The molecule has 1 aliphatic heterocycles. The first-order valence-electron chi connectivity index (χ1n) is 5.91. The van der Waals surface area contributed by atoms with Crippen molar-refractivity contribution in [2.24, 2.45) is 0 Å². The lowest BCUT2D eigenvalue weighted by Crippen LogP contribution is -2.39. The van der Waals surface area contributed by atoms with Crippen LogP contribution in [0.1, 0.15) is 12.8 Å². The van der Waals surface area contributed by atoms with E-state index >= 15 is 0 Å². The van der Waals surface area contributed by atoms with Crippen molar-refractivity contribution in [2.75, 3.05) is 24.5 Å². The van der Waals surface area contributed by atoms with Gasteiger partial charge in [0.25, 0.3) is 0 Å². The van der Waals surface area contributed by atoms with Crippen LogP contribution in [0.2, 0.25) is 5.02 Å². The van der Waals surface area contributed by atoms with Crippen molar-refractivity contribution in [1.29, 1.82) is 5.26 Å². The molecule has 1 atom stereocenters. The Balaban J connectivity index is 2.22. The van der Waals surface area contributed by atoms with Gasteiger partial charge in [-0.1, -0.05) is 17.7 Å². The second kappa shape index (κ2) is 5.90. The first-order chi connectivity index (χ1) is 8.31. The summed E-state index contributed by atoms with van der Waals surface area (Å²) in [6.45, 7) is 2.85. The first kappa shape index (κ1) is 12.2. The van der Waals surface area contributed by atoms with Crippen LogP contribution >= 0.6 is 11.6 Å². The summed E-state index contributed by atoms with van der Waals surface area (Å²) in [7, 11) is 0. The summed E-state index contributed by atoms with van der Waals surface area (Å²) in [5.41, 5.74) is 1.11. The summed E-state index contributed by atoms with van der Waals surface area (Å²) in [5, 5.41) is 13.0. The quantitative estimate of drug-likeness (QED) is 0.875. The molecule has 0 radical (unpaired) electrons. The van der Waals surface area contributed by atoms with Gasteiger partial charge < -0.3 is 10.2 Å². The summed E-state index contributed by atoms with van der Waals surface area (Å²) in [4.78, 5) is 2.29. The number of hydrogen-bond donors (Lipinski definition) is 1. The number of nitriles is 1. The predicted molar refractivity (Wildman–Crippen MR) is 70.3 cm³/mol. The maximum absolute atomic E-state index is 8.90. The summed E-state index contributed by atoms with van der Waals surface area (Å²) < 4.78 is 0. The molecule has 1 aromatic carbocycles. The molecule has 0 aromatic heterocycles. The maximum Gasteiger partial charge on any atom is 0.0643 e. The van der Waals surface area contributed by atoms with Crippen molar-refractivity contribution in [3.05, 3.63) is 29.3 Å². The fraction of sp³-hybridized carbons (Fsp3) is 0.462. The minimum absolute atomic E-state index is 0.237. The largest absolute Gasteiger partial charge is 0.366 e. The molecule has 0 aliphatic carbocycles. The molecule has 1 saturated heterocycles. The third kappa shape index (κ3) is 3.12. The number of anilines is 1. The summed E-state index contributed by atoms with van der Waals surface area (Å²) in [6, 6.07) is 10.4. The van der Waals surface area contributed by atoms with Gasteiger partial charge in [0.2, 0.25) is 0 Å². The Morgan fingerprint density at radius 3 is 3.18 bits per heavy atom. The molecule has 1 aromatic rings. The highest BCUT2D eigenvalue weighted by Crippen LogP contribution is 2.23. The summed E-state index contributed by atoms with van der Waals surface area (Å²) in [6.07, 6.45) is 1.63. The highest BCUT2D eigenvalue weighted by atomic mass is 35.5. The summed E-state index contributed by atoms with van der Waals surface area (Å²) in [5.74, 6) is 0. The molecule has 2 rings (SSSR count). The molecule has 17 heavy (non-hydrogen) atoms. The third-order valence-electron chi connectivity index (χ3n) is 3.04. The molecular formula is C13H16ClN3. The van der Waals surface area contributed by atoms with Crippen LogP contribution in [0.15, 0.2) is 24.3 Å². The zero-order chi connectivity index (χ0) is 12.1. The van der Waals surface area contributed by atoms with Crippen LogP contribution in [0.4, 0.5) is 5.69 Å². The number of benzene rings is 1. The van der Waals surface area contributed by atoms with Crippen LogP contribution in [0, 0.1) is 11.3 Å². The highest BCUT2D eigenvalue weighted by molar-refractivity contribution is 6.30. The van der Waals surface area contributed by atoms with Crippen LogP contribution in [0.3, 0.4) is 0 Å². The molecule has 0 bridgehead atoms. The van der Waals surface area contributed by atoms with Gasteiger partial charge in [-0.25, -0.2) is 0 Å². The van der Waals surface area contributed by atoms with Crippen LogP contribution in [-0.4, -0.2) is 25.7 Å². The monoisotopic (exact) mass is 249 g/mol. The van der Waals surface area contributed by atoms with Gasteiger partial charge in [0.05, 0.1) is 18.5 Å². The zero-order valence-electron chi connectivity index (χ0n) is 9.69. The van der Waals surface area contributed by atoms with Crippen LogP contribution < -0.4 is 10.2 Å². The van der Waals surface area contributed by atoms with Gasteiger partial charge >= 0.3 is 0 Å². The lowest BCUT2D eigenvalue weighted by atomic mass is 10.1. The second-order valence-corrected chi connectivity index (χ2v) is 4.68. The average Bonchev–Trinajstić information content (AvgIpc) is 2.55. The minimum atomic E-state index is 0.237. The second-order valence-electron chi connectivity index (χ2n) is 4.25. The van der Waals surface area contributed by atoms with Gasteiger partial charge in [-0.3, -0.25) is 0 Å². The average molecular weight is 250 g/mol. The standard InChI is InChI=1S/C13H16ClN3/c14-11-3-1-4-12(9-11)17-8-2-7-16-10-13(17)5-6-15/h1,3-4,9,13,16H,2,5,7-8,10H2. The Kier molecular flexibility index (Phi) is 4.24. The van der Waals surface area contributed by atoms with E-state index in [1.54, 1.807) is 0 Å². The number of halogens is 1. The molecule has 4 heteroatoms. The Hall–Kier alpha value is -1.24. The number of nitrogens with one attached hydrogen (secondary N) is 1. The van der Waals surface area contributed by atoms with Crippen molar-refractivity contribution in [2.45, 2.75) is 18.9 Å². The van der Waals surface area contributed by atoms with Gasteiger partial charge in [0.15, 0.2) is 0 Å². The fourth-order valence-corrected chi connectivity index (χ4v) is 2.40. The topological polar surface area (TPSA) is 39.1 Å². The highest BCUT2D eigenvalue weighted by Gasteiger charge is 2.20. The number of nitrogens with zero attached hydrogens (tertiary/aromatic N) is 2. The SMILES string of the molecule is N#CCC1CNCCCN1c1cccc(Cl)c1. The Morgan fingerprint density at radius 2 is 2.41 bits per heavy atom. The third-order valence-corrected chi connectivity index (χ3v) is 3.28. The van der Waals surface area contributed by atoms with E-state index in [-0.39, 0.29) is 6.04 Å². The Morgan fingerprint density at radius 1 is 1.53 bits per heavy atom. The molecule has 1 fully saturated rings. The molecule has 3 nitrogen and oxygen atoms in total.